The van der Waals surface area contributed by atoms with E-state index in [0.717, 1.165) is 16.5 Å². The van der Waals surface area contributed by atoms with E-state index in [1.807, 2.05) is 36.4 Å². The molecule has 0 saturated heterocycles. The molecule has 0 radical (unpaired) electrons. The Hall–Kier alpha value is -2.79. The summed E-state index contributed by atoms with van der Waals surface area (Å²) in [7, 11) is -3.65. The number of sulfonamides is 1. The fourth-order valence-corrected chi connectivity index (χ4v) is 4.92. The first-order valence-electron chi connectivity index (χ1n) is 11.8. The van der Waals surface area contributed by atoms with E-state index in [2.05, 4.69) is 45.1 Å². The van der Waals surface area contributed by atoms with Crippen LogP contribution in [0.15, 0.2) is 82.2 Å². The van der Waals surface area contributed by atoms with Crippen LogP contribution in [0, 0.1) is 5.92 Å². The SMILES string of the molecule is CC(C)CCOc1ccc(Br)cc1C(=O)NC(=S)Nc1ccc(S(=O)(=O)NCCc2ccccc2)cc1. The molecule has 0 unspecified atom stereocenters. The van der Waals surface area contributed by atoms with Gasteiger partial charge in [-0.2, -0.15) is 0 Å². The largest absolute Gasteiger partial charge is 0.493 e. The minimum Gasteiger partial charge on any atom is -0.493 e. The third-order valence-corrected chi connectivity index (χ3v) is 7.51. The lowest BCUT2D eigenvalue weighted by atomic mass is 10.1. The number of halogens is 1. The standard InChI is InChI=1S/C27H30BrN3O4S2/c1-19(2)15-17-35-25-13-8-21(28)18-24(25)26(32)31-27(36)30-22-9-11-23(12-10-22)37(33,34)29-16-14-20-6-4-3-5-7-20/h3-13,18-19,29H,14-17H2,1-2H3,(H2,30,31,32,36). The van der Waals surface area contributed by atoms with Gasteiger partial charge in [-0.15, -0.1) is 0 Å². The molecule has 0 aromatic heterocycles. The van der Waals surface area contributed by atoms with Crippen LogP contribution in [0.3, 0.4) is 0 Å². The van der Waals surface area contributed by atoms with Crippen molar-refractivity contribution in [2.75, 3.05) is 18.5 Å². The van der Waals surface area contributed by atoms with Crippen molar-refractivity contribution in [1.29, 1.82) is 0 Å². The predicted octanol–water partition coefficient (Wildman–Crippen LogP) is 5.52. The maximum Gasteiger partial charge on any atom is 0.261 e. The Balaban J connectivity index is 1.56. The molecule has 0 bridgehead atoms. The van der Waals surface area contributed by atoms with Crippen LogP contribution < -0.4 is 20.1 Å². The summed E-state index contributed by atoms with van der Waals surface area (Å²) < 4.78 is 34.4. The zero-order valence-corrected chi connectivity index (χ0v) is 23.9. The average molecular weight is 605 g/mol. The Morgan fingerprint density at radius 3 is 2.41 bits per heavy atom. The Labute approximate surface area is 232 Å². The minimum absolute atomic E-state index is 0.0784. The second kappa shape index (κ2) is 13.7. The third-order valence-electron chi connectivity index (χ3n) is 5.34. The maximum absolute atomic E-state index is 12.9. The van der Waals surface area contributed by atoms with Crippen LogP contribution in [0.5, 0.6) is 5.75 Å². The number of nitrogens with one attached hydrogen (secondary N) is 3. The second-order valence-electron chi connectivity index (χ2n) is 8.74. The predicted molar refractivity (Wildman–Crippen MR) is 155 cm³/mol. The second-order valence-corrected chi connectivity index (χ2v) is 11.8. The van der Waals surface area contributed by atoms with Crippen molar-refractivity contribution >= 4 is 54.9 Å². The Bertz CT molecular complexity index is 1320. The summed E-state index contributed by atoms with van der Waals surface area (Å²) in [5.74, 6) is 0.537. The van der Waals surface area contributed by atoms with Crippen LogP contribution in [-0.4, -0.2) is 32.6 Å². The van der Waals surface area contributed by atoms with Gasteiger partial charge in [0.15, 0.2) is 5.11 Å². The molecule has 196 valence electrons. The van der Waals surface area contributed by atoms with Gasteiger partial charge in [-0.3, -0.25) is 10.1 Å². The van der Waals surface area contributed by atoms with Crippen molar-refractivity contribution in [3.8, 4) is 5.75 Å². The molecule has 0 heterocycles. The number of carbonyl (C=O) groups excluding carboxylic acids is 1. The van der Waals surface area contributed by atoms with Gasteiger partial charge in [-0.25, -0.2) is 13.1 Å². The number of carbonyl (C=O) groups is 1. The molecule has 37 heavy (non-hydrogen) atoms. The molecule has 0 atom stereocenters. The fourth-order valence-electron chi connectivity index (χ4n) is 3.32. The normalized spacial score (nSPS) is 11.2. The van der Waals surface area contributed by atoms with Crippen LogP contribution in [-0.2, 0) is 16.4 Å². The zero-order chi connectivity index (χ0) is 26.8. The van der Waals surface area contributed by atoms with E-state index in [9.17, 15) is 13.2 Å². The van der Waals surface area contributed by atoms with Gasteiger partial charge in [0.05, 0.1) is 17.1 Å². The van der Waals surface area contributed by atoms with E-state index in [1.54, 1.807) is 24.3 Å². The molecule has 3 aromatic carbocycles. The lowest BCUT2D eigenvalue weighted by Gasteiger charge is -2.14. The molecule has 0 aliphatic carbocycles. The van der Waals surface area contributed by atoms with E-state index >= 15 is 0 Å². The molecule has 1 amide bonds. The van der Waals surface area contributed by atoms with Gasteiger partial charge < -0.3 is 10.1 Å². The molecule has 0 aliphatic heterocycles. The molecular weight excluding hydrogens is 574 g/mol. The van der Waals surface area contributed by atoms with E-state index < -0.39 is 15.9 Å². The molecule has 3 rings (SSSR count). The number of benzene rings is 3. The summed E-state index contributed by atoms with van der Waals surface area (Å²) in [4.78, 5) is 13.0. The quantitative estimate of drug-likeness (QED) is 0.250. The lowest BCUT2D eigenvalue weighted by Crippen LogP contribution is -2.34. The van der Waals surface area contributed by atoms with Gasteiger partial charge in [0.25, 0.3) is 5.91 Å². The van der Waals surface area contributed by atoms with Crippen LogP contribution in [0.25, 0.3) is 0 Å². The Morgan fingerprint density at radius 1 is 1.03 bits per heavy atom. The van der Waals surface area contributed by atoms with E-state index in [4.69, 9.17) is 17.0 Å². The maximum atomic E-state index is 12.9. The number of ether oxygens (including phenoxy) is 1. The van der Waals surface area contributed by atoms with Crippen LogP contribution in [0.1, 0.15) is 36.2 Å². The summed E-state index contributed by atoms with van der Waals surface area (Å²) in [6.07, 6.45) is 1.46. The number of anilines is 1. The molecule has 0 saturated carbocycles. The summed E-state index contributed by atoms with van der Waals surface area (Å²) in [5.41, 5.74) is 1.94. The number of amides is 1. The van der Waals surface area contributed by atoms with Gasteiger partial charge in [0.1, 0.15) is 5.75 Å². The molecule has 10 heteroatoms. The number of rotatable bonds is 11. The van der Waals surface area contributed by atoms with Gasteiger partial charge in [-0.05, 0) is 79.0 Å². The van der Waals surface area contributed by atoms with Crippen LogP contribution in [0.2, 0.25) is 0 Å². The average Bonchev–Trinajstić information content (AvgIpc) is 2.85. The van der Waals surface area contributed by atoms with Gasteiger partial charge in [0, 0.05) is 16.7 Å². The smallest absolute Gasteiger partial charge is 0.261 e. The van der Waals surface area contributed by atoms with Gasteiger partial charge in [0.2, 0.25) is 10.0 Å². The van der Waals surface area contributed by atoms with Crippen molar-refractivity contribution in [3.63, 3.8) is 0 Å². The van der Waals surface area contributed by atoms with Crippen LogP contribution >= 0.6 is 28.1 Å². The lowest BCUT2D eigenvalue weighted by molar-refractivity contribution is 0.0973. The Morgan fingerprint density at radius 2 is 1.73 bits per heavy atom. The third kappa shape index (κ3) is 9.23. The highest BCUT2D eigenvalue weighted by Crippen LogP contribution is 2.24. The minimum atomic E-state index is -3.65. The molecule has 7 nitrogen and oxygen atoms in total. The Kier molecular flexibility index (Phi) is 10.6. The highest BCUT2D eigenvalue weighted by molar-refractivity contribution is 9.10. The van der Waals surface area contributed by atoms with Crippen molar-refractivity contribution in [2.24, 2.45) is 5.92 Å². The number of hydrogen-bond donors (Lipinski definition) is 3. The first-order chi connectivity index (χ1) is 17.6. The molecule has 0 spiro atoms. The first-order valence-corrected chi connectivity index (χ1v) is 14.5. The summed E-state index contributed by atoms with van der Waals surface area (Å²) in [6.45, 7) is 5.00. The topological polar surface area (TPSA) is 96.5 Å². The molecule has 3 N–H and O–H groups in total. The zero-order valence-electron chi connectivity index (χ0n) is 20.7. The highest BCUT2D eigenvalue weighted by Gasteiger charge is 2.16. The van der Waals surface area contributed by atoms with E-state index in [1.165, 1.54) is 12.1 Å². The summed E-state index contributed by atoms with van der Waals surface area (Å²) in [5, 5.41) is 5.64. The van der Waals surface area contributed by atoms with Gasteiger partial charge >= 0.3 is 0 Å². The number of hydrogen-bond acceptors (Lipinski definition) is 5. The highest BCUT2D eigenvalue weighted by atomic mass is 79.9. The van der Waals surface area contributed by atoms with Crippen LogP contribution in [0.4, 0.5) is 5.69 Å². The van der Waals surface area contributed by atoms with Crippen molar-refractivity contribution in [1.82, 2.24) is 10.0 Å². The van der Waals surface area contributed by atoms with E-state index in [-0.39, 0.29) is 10.0 Å². The van der Waals surface area contributed by atoms with Crippen molar-refractivity contribution in [3.05, 3.63) is 88.4 Å². The monoisotopic (exact) mass is 603 g/mol. The molecule has 0 aliphatic rings. The molecule has 0 fully saturated rings. The van der Waals surface area contributed by atoms with Gasteiger partial charge in [-0.1, -0.05) is 60.1 Å². The van der Waals surface area contributed by atoms with Crippen molar-refractivity contribution < 1.29 is 17.9 Å². The molecule has 3 aromatic rings. The molecular formula is C27H30BrN3O4S2. The summed E-state index contributed by atoms with van der Waals surface area (Å²) >= 11 is 8.68. The first kappa shape index (κ1) is 28.8. The van der Waals surface area contributed by atoms with Crippen molar-refractivity contribution in [2.45, 2.75) is 31.6 Å². The van der Waals surface area contributed by atoms with E-state index in [0.29, 0.717) is 42.5 Å². The fraction of sp³-hybridized carbons (Fsp3) is 0.259. The summed E-state index contributed by atoms with van der Waals surface area (Å²) in [6, 6.07) is 21.0. The number of thiocarbonyl (C=S) groups is 1.